The van der Waals surface area contributed by atoms with Crippen LogP contribution >= 0.6 is 34.8 Å². The van der Waals surface area contributed by atoms with Gasteiger partial charge in [-0.1, -0.05) is 23.2 Å². The third-order valence-corrected chi connectivity index (χ3v) is 3.55. The number of carbonyl (C=O) groups excluding carboxylic acids is 1. The first-order chi connectivity index (χ1) is 11.5. The number of nitrogens with one attached hydrogen (secondary N) is 1. The highest BCUT2D eigenvalue weighted by atomic mass is 35.5. The van der Waals surface area contributed by atoms with Crippen LogP contribution in [0.5, 0.6) is 17.4 Å². The van der Waals surface area contributed by atoms with Gasteiger partial charge in [-0.2, -0.15) is 0 Å². The van der Waals surface area contributed by atoms with Crippen LogP contribution in [0.3, 0.4) is 0 Å². The molecular weight excluding hydrogens is 375 g/mol. The molecular formula is C16H15Cl3N2O3. The molecule has 24 heavy (non-hydrogen) atoms. The van der Waals surface area contributed by atoms with Crippen molar-refractivity contribution >= 4 is 40.7 Å². The Hall–Kier alpha value is -1.69. The van der Waals surface area contributed by atoms with Crippen LogP contribution in [0.25, 0.3) is 0 Å². The van der Waals surface area contributed by atoms with E-state index in [2.05, 4.69) is 10.3 Å². The second-order valence-electron chi connectivity index (χ2n) is 4.75. The molecule has 0 aliphatic carbocycles. The molecule has 0 spiro atoms. The average molecular weight is 390 g/mol. The van der Waals surface area contributed by atoms with Crippen LogP contribution in [0.1, 0.15) is 6.92 Å². The van der Waals surface area contributed by atoms with Crippen LogP contribution in [0, 0.1) is 0 Å². The van der Waals surface area contributed by atoms with E-state index in [1.165, 1.54) is 6.20 Å². The quantitative estimate of drug-likeness (QED) is 0.717. The Kier molecular flexibility index (Phi) is 6.97. The molecule has 1 N–H and O–H groups in total. The van der Waals surface area contributed by atoms with Crippen LogP contribution < -0.4 is 14.8 Å². The maximum atomic E-state index is 11.7. The Labute approximate surface area is 154 Å². The smallest absolute Gasteiger partial charge is 0.260 e. The van der Waals surface area contributed by atoms with Gasteiger partial charge in [0.15, 0.2) is 6.10 Å². The zero-order valence-electron chi connectivity index (χ0n) is 12.8. The van der Waals surface area contributed by atoms with Crippen LogP contribution in [-0.2, 0) is 4.79 Å². The maximum Gasteiger partial charge on any atom is 0.260 e. The van der Waals surface area contributed by atoms with Crippen LogP contribution in [0.2, 0.25) is 10.0 Å². The van der Waals surface area contributed by atoms with Crippen LogP contribution in [-0.4, -0.2) is 29.4 Å². The molecule has 128 valence electrons. The van der Waals surface area contributed by atoms with E-state index in [4.69, 9.17) is 44.3 Å². The Morgan fingerprint density at radius 2 is 1.92 bits per heavy atom. The molecule has 1 aromatic carbocycles. The molecule has 2 rings (SSSR count). The summed E-state index contributed by atoms with van der Waals surface area (Å²) in [5.41, 5.74) is 0. The lowest BCUT2D eigenvalue weighted by molar-refractivity contribution is -0.127. The lowest BCUT2D eigenvalue weighted by Crippen LogP contribution is -2.37. The second-order valence-corrected chi connectivity index (χ2v) is 5.98. The Balaban J connectivity index is 1.96. The number of carbonyl (C=O) groups is 1. The van der Waals surface area contributed by atoms with Crippen LogP contribution in [0.4, 0.5) is 0 Å². The van der Waals surface area contributed by atoms with E-state index in [-0.39, 0.29) is 11.8 Å². The molecule has 0 radical (unpaired) electrons. The van der Waals surface area contributed by atoms with Gasteiger partial charge >= 0.3 is 0 Å². The number of hydrogen-bond acceptors (Lipinski definition) is 4. The van der Waals surface area contributed by atoms with E-state index in [1.807, 2.05) is 0 Å². The highest BCUT2D eigenvalue weighted by Gasteiger charge is 2.14. The maximum absolute atomic E-state index is 11.7. The van der Waals surface area contributed by atoms with Gasteiger partial charge in [-0.3, -0.25) is 4.79 Å². The van der Waals surface area contributed by atoms with E-state index in [1.54, 1.807) is 37.3 Å². The third-order valence-electron chi connectivity index (χ3n) is 2.89. The average Bonchev–Trinajstić information content (AvgIpc) is 2.56. The van der Waals surface area contributed by atoms with Gasteiger partial charge in [0.2, 0.25) is 5.88 Å². The minimum Gasteiger partial charge on any atom is -0.481 e. The number of benzene rings is 1. The number of pyridine rings is 1. The number of ether oxygens (including phenoxy) is 2. The van der Waals surface area contributed by atoms with Gasteiger partial charge in [0.25, 0.3) is 5.91 Å². The van der Waals surface area contributed by atoms with Crippen LogP contribution in [0.15, 0.2) is 36.5 Å². The van der Waals surface area contributed by atoms with E-state index < -0.39 is 6.10 Å². The van der Waals surface area contributed by atoms with E-state index in [9.17, 15) is 4.79 Å². The number of alkyl halides is 1. The van der Waals surface area contributed by atoms with Gasteiger partial charge in [0.1, 0.15) is 16.5 Å². The van der Waals surface area contributed by atoms with Crippen molar-refractivity contribution in [3.63, 3.8) is 0 Å². The molecule has 0 saturated carbocycles. The highest BCUT2D eigenvalue weighted by molar-refractivity contribution is 6.35. The molecule has 1 heterocycles. The van der Waals surface area contributed by atoms with E-state index in [0.717, 1.165) is 0 Å². The fraction of sp³-hybridized carbons (Fsp3) is 0.250. The Bertz CT molecular complexity index is 695. The highest BCUT2D eigenvalue weighted by Crippen LogP contribution is 2.29. The van der Waals surface area contributed by atoms with Crippen molar-refractivity contribution in [1.29, 1.82) is 0 Å². The zero-order valence-corrected chi connectivity index (χ0v) is 15.0. The van der Waals surface area contributed by atoms with Gasteiger partial charge in [0.05, 0.1) is 5.02 Å². The summed E-state index contributed by atoms with van der Waals surface area (Å²) in [4.78, 5) is 15.7. The standard InChI is InChI=1S/C16H15Cl3N2O3/c1-10(15(22)20-7-6-17)23-12-2-4-13(5-3-12)24-16-14(19)8-11(18)9-21-16/h2-5,8-10H,6-7H2,1H3,(H,20,22). The number of aromatic nitrogens is 1. The van der Waals surface area contributed by atoms with Gasteiger partial charge in [0, 0.05) is 18.6 Å². The normalized spacial score (nSPS) is 11.7. The minimum absolute atomic E-state index is 0.229. The summed E-state index contributed by atoms with van der Waals surface area (Å²) in [6.07, 6.45) is 0.814. The van der Waals surface area contributed by atoms with Crippen molar-refractivity contribution in [2.75, 3.05) is 12.4 Å². The molecule has 1 unspecified atom stereocenters. The van der Waals surface area contributed by atoms with Gasteiger partial charge in [-0.25, -0.2) is 4.98 Å². The summed E-state index contributed by atoms with van der Waals surface area (Å²) in [5.74, 6) is 1.44. The summed E-state index contributed by atoms with van der Waals surface area (Å²) in [5, 5.41) is 3.39. The first-order valence-electron chi connectivity index (χ1n) is 7.09. The van der Waals surface area contributed by atoms with Crippen molar-refractivity contribution in [2.24, 2.45) is 0 Å². The van der Waals surface area contributed by atoms with Crippen molar-refractivity contribution in [3.8, 4) is 17.4 Å². The summed E-state index contributed by atoms with van der Waals surface area (Å²) in [7, 11) is 0. The minimum atomic E-state index is -0.632. The second kappa shape index (κ2) is 8.97. The lowest BCUT2D eigenvalue weighted by Gasteiger charge is -2.14. The number of halogens is 3. The molecule has 0 aliphatic heterocycles. The van der Waals surface area contributed by atoms with E-state index in [0.29, 0.717) is 34.0 Å². The molecule has 1 amide bonds. The topological polar surface area (TPSA) is 60.5 Å². The molecule has 0 aliphatic rings. The van der Waals surface area contributed by atoms with Gasteiger partial charge in [-0.05, 0) is 37.3 Å². The fourth-order valence-corrected chi connectivity index (χ4v) is 2.26. The number of rotatable bonds is 7. The molecule has 0 fully saturated rings. The molecule has 1 atom stereocenters. The molecule has 5 nitrogen and oxygen atoms in total. The number of hydrogen-bond donors (Lipinski definition) is 1. The number of nitrogens with zero attached hydrogens (tertiary/aromatic N) is 1. The molecule has 0 saturated heterocycles. The fourth-order valence-electron chi connectivity index (χ4n) is 1.75. The largest absolute Gasteiger partial charge is 0.481 e. The summed E-state index contributed by atoms with van der Waals surface area (Å²) in [6.45, 7) is 2.06. The molecule has 1 aromatic heterocycles. The first kappa shape index (κ1) is 18.6. The summed E-state index contributed by atoms with van der Waals surface area (Å²) in [6, 6.07) is 8.29. The van der Waals surface area contributed by atoms with Gasteiger partial charge < -0.3 is 14.8 Å². The first-order valence-corrected chi connectivity index (χ1v) is 8.38. The number of amides is 1. The molecule has 8 heteroatoms. The summed E-state index contributed by atoms with van der Waals surface area (Å²) < 4.78 is 11.1. The molecule has 2 aromatic rings. The molecule has 0 bridgehead atoms. The predicted octanol–water partition coefficient (Wildman–Crippen LogP) is 4.30. The van der Waals surface area contributed by atoms with Crippen molar-refractivity contribution < 1.29 is 14.3 Å². The lowest BCUT2D eigenvalue weighted by atomic mass is 10.3. The summed E-state index contributed by atoms with van der Waals surface area (Å²) >= 11 is 17.3. The monoisotopic (exact) mass is 388 g/mol. The predicted molar refractivity (Wildman–Crippen MR) is 94.6 cm³/mol. The van der Waals surface area contributed by atoms with Gasteiger partial charge in [-0.15, -0.1) is 11.6 Å². The Morgan fingerprint density at radius 3 is 2.54 bits per heavy atom. The van der Waals surface area contributed by atoms with E-state index >= 15 is 0 Å². The SMILES string of the molecule is CC(Oc1ccc(Oc2ncc(Cl)cc2Cl)cc1)C(=O)NCCCl. The van der Waals surface area contributed by atoms with Crippen molar-refractivity contribution in [3.05, 3.63) is 46.6 Å². The van der Waals surface area contributed by atoms with Crippen molar-refractivity contribution in [1.82, 2.24) is 10.3 Å². The zero-order chi connectivity index (χ0) is 17.5. The third kappa shape index (κ3) is 5.44. The Morgan fingerprint density at radius 1 is 1.25 bits per heavy atom. The van der Waals surface area contributed by atoms with Crippen molar-refractivity contribution in [2.45, 2.75) is 13.0 Å².